The highest BCUT2D eigenvalue weighted by atomic mass is 79.9. The fourth-order valence-corrected chi connectivity index (χ4v) is 3.64. The molecule has 1 aliphatic carbocycles. The fourth-order valence-electron chi connectivity index (χ4n) is 2.93. The summed E-state index contributed by atoms with van der Waals surface area (Å²) in [5.74, 6) is 0.902. The van der Waals surface area contributed by atoms with Crippen molar-refractivity contribution in [3.8, 4) is 0 Å². The number of furan rings is 1. The van der Waals surface area contributed by atoms with Crippen molar-refractivity contribution in [3.05, 3.63) is 58.0 Å². The highest BCUT2D eigenvalue weighted by Crippen LogP contribution is 2.49. The number of benzene rings is 1. The van der Waals surface area contributed by atoms with E-state index in [4.69, 9.17) is 10.2 Å². The molecule has 6 nitrogen and oxygen atoms in total. The Balaban J connectivity index is 1.65. The molecule has 0 bridgehead atoms. The second-order valence-corrected chi connectivity index (χ2v) is 7.29. The molecule has 138 valence electrons. The Bertz CT molecular complexity index is 811. The van der Waals surface area contributed by atoms with Crippen molar-refractivity contribution in [1.29, 1.82) is 0 Å². The number of halogens is 1. The molecule has 7 heteroatoms. The van der Waals surface area contributed by atoms with Gasteiger partial charge in [0.15, 0.2) is 11.7 Å². The van der Waals surface area contributed by atoms with Gasteiger partial charge in [-0.15, -0.1) is 0 Å². The Kier molecular flexibility index (Phi) is 5.66. The number of guanidine groups is 1. The summed E-state index contributed by atoms with van der Waals surface area (Å²) in [5, 5.41) is 6.68. The second-order valence-electron chi connectivity index (χ2n) is 6.44. The maximum atomic E-state index is 11.1. The highest BCUT2D eigenvalue weighted by Gasteiger charge is 2.45. The van der Waals surface area contributed by atoms with Crippen LogP contribution in [0.25, 0.3) is 0 Å². The summed E-state index contributed by atoms with van der Waals surface area (Å²) in [7, 11) is 0. The van der Waals surface area contributed by atoms with Crippen LogP contribution in [0.15, 0.2) is 50.3 Å². The lowest BCUT2D eigenvalue weighted by Gasteiger charge is -2.20. The third-order valence-electron chi connectivity index (χ3n) is 4.53. The van der Waals surface area contributed by atoms with Crippen molar-refractivity contribution in [3.63, 3.8) is 0 Å². The zero-order valence-corrected chi connectivity index (χ0v) is 16.3. The molecule has 1 amide bonds. The number of carbonyl (C=O) groups is 1. The molecule has 1 heterocycles. The van der Waals surface area contributed by atoms with Crippen LogP contribution in [0.5, 0.6) is 0 Å². The van der Waals surface area contributed by atoms with Gasteiger partial charge in [0, 0.05) is 23.0 Å². The summed E-state index contributed by atoms with van der Waals surface area (Å²) in [6.07, 6.45) is 2.31. The number of hydrogen-bond acceptors (Lipinski definition) is 3. The van der Waals surface area contributed by atoms with Gasteiger partial charge in [-0.2, -0.15) is 0 Å². The van der Waals surface area contributed by atoms with E-state index in [1.54, 1.807) is 12.1 Å². The largest absolute Gasteiger partial charge is 0.454 e. The molecule has 26 heavy (non-hydrogen) atoms. The van der Waals surface area contributed by atoms with E-state index in [-0.39, 0.29) is 11.2 Å². The maximum Gasteiger partial charge on any atom is 0.284 e. The van der Waals surface area contributed by atoms with Crippen LogP contribution in [0.1, 0.15) is 41.6 Å². The van der Waals surface area contributed by atoms with Gasteiger partial charge in [0.05, 0.1) is 0 Å². The van der Waals surface area contributed by atoms with Crippen molar-refractivity contribution in [2.75, 3.05) is 13.1 Å². The van der Waals surface area contributed by atoms with Gasteiger partial charge in [0.25, 0.3) is 5.91 Å². The van der Waals surface area contributed by atoms with E-state index >= 15 is 0 Å². The SMILES string of the molecule is CCNC(=NCc1ccc(C(N)=O)o1)NCC1(c2ccccc2Br)CC1. The normalized spacial score (nSPS) is 15.5. The average Bonchev–Trinajstić information content (AvgIpc) is 3.25. The first-order valence-electron chi connectivity index (χ1n) is 8.70. The molecule has 4 N–H and O–H groups in total. The minimum absolute atomic E-state index is 0.152. The van der Waals surface area contributed by atoms with E-state index in [2.05, 4.69) is 49.8 Å². The lowest BCUT2D eigenvalue weighted by molar-refractivity contribution is 0.0972. The second kappa shape index (κ2) is 7.95. The quantitative estimate of drug-likeness (QED) is 0.475. The van der Waals surface area contributed by atoms with Crippen LogP contribution in [0.4, 0.5) is 0 Å². The molecule has 0 spiro atoms. The van der Waals surface area contributed by atoms with Crippen LogP contribution in [0, 0.1) is 0 Å². The van der Waals surface area contributed by atoms with Crippen molar-refractivity contribution < 1.29 is 9.21 Å². The molecule has 1 aromatic heterocycles. The molecule has 0 unspecified atom stereocenters. The molecule has 0 aliphatic heterocycles. The Morgan fingerprint density at radius 2 is 2.04 bits per heavy atom. The van der Waals surface area contributed by atoms with E-state index < -0.39 is 5.91 Å². The van der Waals surface area contributed by atoms with Gasteiger partial charge >= 0.3 is 0 Å². The van der Waals surface area contributed by atoms with E-state index in [0.717, 1.165) is 36.4 Å². The predicted octanol–water partition coefficient (Wildman–Crippen LogP) is 2.93. The van der Waals surface area contributed by atoms with Crippen LogP contribution in [0.3, 0.4) is 0 Å². The lowest BCUT2D eigenvalue weighted by Crippen LogP contribution is -2.41. The molecule has 0 saturated heterocycles. The lowest BCUT2D eigenvalue weighted by atomic mass is 9.96. The van der Waals surface area contributed by atoms with Crippen LogP contribution >= 0.6 is 15.9 Å². The topological polar surface area (TPSA) is 92.6 Å². The Morgan fingerprint density at radius 3 is 2.65 bits per heavy atom. The fraction of sp³-hybridized carbons (Fsp3) is 0.368. The average molecular weight is 419 g/mol. The zero-order chi connectivity index (χ0) is 18.6. The van der Waals surface area contributed by atoms with Crippen molar-refractivity contribution in [2.24, 2.45) is 10.7 Å². The van der Waals surface area contributed by atoms with Gasteiger partial charge in [-0.05, 0) is 43.5 Å². The van der Waals surface area contributed by atoms with Crippen LogP contribution < -0.4 is 16.4 Å². The van der Waals surface area contributed by atoms with Gasteiger partial charge in [-0.25, -0.2) is 4.99 Å². The molecule has 1 aliphatic rings. The molecule has 0 radical (unpaired) electrons. The van der Waals surface area contributed by atoms with Crippen molar-refractivity contribution in [2.45, 2.75) is 31.7 Å². The van der Waals surface area contributed by atoms with E-state index in [1.165, 1.54) is 5.56 Å². The molecule has 2 aromatic rings. The first-order valence-corrected chi connectivity index (χ1v) is 9.49. The maximum absolute atomic E-state index is 11.1. The van der Waals surface area contributed by atoms with Gasteiger partial charge in [0.1, 0.15) is 12.3 Å². The summed E-state index contributed by atoms with van der Waals surface area (Å²) in [4.78, 5) is 15.6. The molecule has 0 atom stereocenters. The van der Waals surface area contributed by atoms with E-state index in [1.807, 2.05) is 13.0 Å². The van der Waals surface area contributed by atoms with E-state index in [0.29, 0.717) is 12.3 Å². The third-order valence-corrected chi connectivity index (χ3v) is 5.23. The number of nitrogens with two attached hydrogens (primary N) is 1. The number of aliphatic imine (C=N–C) groups is 1. The molecular formula is C19H23BrN4O2. The Hall–Kier alpha value is -2.28. The zero-order valence-electron chi connectivity index (χ0n) is 14.7. The van der Waals surface area contributed by atoms with Crippen LogP contribution in [-0.4, -0.2) is 25.0 Å². The van der Waals surface area contributed by atoms with Crippen LogP contribution in [-0.2, 0) is 12.0 Å². The van der Waals surface area contributed by atoms with Gasteiger partial charge in [0.2, 0.25) is 0 Å². The highest BCUT2D eigenvalue weighted by molar-refractivity contribution is 9.10. The molecule has 1 fully saturated rings. The number of carbonyl (C=O) groups excluding carboxylic acids is 1. The molecule has 1 saturated carbocycles. The minimum atomic E-state index is -0.575. The molecular weight excluding hydrogens is 396 g/mol. The minimum Gasteiger partial charge on any atom is -0.454 e. The number of nitrogens with one attached hydrogen (secondary N) is 2. The van der Waals surface area contributed by atoms with Crippen molar-refractivity contribution in [1.82, 2.24) is 10.6 Å². The number of rotatable bonds is 7. The predicted molar refractivity (Wildman–Crippen MR) is 105 cm³/mol. The first kappa shape index (κ1) is 18.5. The van der Waals surface area contributed by atoms with E-state index in [9.17, 15) is 4.79 Å². The number of hydrogen-bond donors (Lipinski definition) is 3. The summed E-state index contributed by atoms with van der Waals surface area (Å²) >= 11 is 3.66. The smallest absolute Gasteiger partial charge is 0.284 e. The standard InChI is InChI=1S/C19H23BrN4O2/c1-2-22-18(23-11-13-7-8-16(26-13)17(21)25)24-12-19(9-10-19)14-5-3-4-6-15(14)20/h3-8H,2,9-12H2,1H3,(H2,21,25)(H2,22,23,24). The number of nitrogens with zero attached hydrogens (tertiary/aromatic N) is 1. The number of primary amides is 1. The summed E-state index contributed by atoms with van der Waals surface area (Å²) < 4.78 is 6.52. The third kappa shape index (κ3) is 4.27. The molecule has 3 rings (SSSR count). The van der Waals surface area contributed by atoms with Crippen molar-refractivity contribution >= 4 is 27.8 Å². The van der Waals surface area contributed by atoms with Gasteiger partial charge in [-0.1, -0.05) is 34.1 Å². The van der Waals surface area contributed by atoms with Gasteiger partial charge in [-0.3, -0.25) is 4.79 Å². The Morgan fingerprint density at radius 1 is 1.27 bits per heavy atom. The molecule has 1 aromatic carbocycles. The monoisotopic (exact) mass is 418 g/mol. The van der Waals surface area contributed by atoms with Gasteiger partial charge < -0.3 is 20.8 Å². The summed E-state index contributed by atoms with van der Waals surface area (Å²) in [6, 6.07) is 11.7. The summed E-state index contributed by atoms with van der Waals surface area (Å²) in [6.45, 7) is 3.94. The first-order chi connectivity index (χ1) is 12.5. The van der Waals surface area contributed by atoms with Crippen LogP contribution in [0.2, 0.25) is 0 Å². The number of amides is 1. The summed E-state index contributed by atoms with van der Waals surface area (Å²) in [5.41, 5.74) is 6.69. The Labute approximate surface area is 161 Å².